The minimum atomic E-state index is -0.359. The van der Waals surface area contributed by atoms with Crippen molar-refractivity contribution in [3.63, 3.8) is 0 Å². The van der Waals surface area contributed by atoms with Crippen molar-refractivity contribution in [2.24, 2.45) is 0 Å². The van der Waals surface area contributed by atoms with Crippen molar-refractivity contribution in [1.29, 1.82) is 0 Å². The van der Waals surface area contributed by atoms with Crippen LogP contribution in [-0.4, -0.2) is 31.8 Å². The van der Waals surface area contributed by atoms with Crippen LogP contribution in [0.1, 0.15) is 12.8 Å². The van der Waals surface area contributed by atoms with Gasteiger partial charge in [-0.1, -0.05) is 0 Å². The molecular weight excluding hydrogens is 317 g/mol. The van der Waals surface area contributed by atoms with Crippen LogP contribution >= 0.6 is 15.9 Å². The van der Waals surface area contributed by atoms with E-state index in [2.05, 4.69) is 21.2 Å². The van der Waals surface area contributed by atoms with Crippen LogP contribution in [0.3, 0.4) is 0 Å². The SMILES string of the molecule is O=C(COc1ccc(F)cc1Br)NCC1CCCO1. The molecular formula is C13H15BrFNO3. The van der Waals surface area contributed by atoms with Crippen LogP contribution in [0.25, 0.3) is 0 Å². The number of hydrogen-bond donors (Lipinski definition) is 1. The van der Waals surface area contributed by atoms with Gasteiger partial charge in [-0.05, 0) is 47.0 Å². The molecule has 1 N–H and O–H groups in total. The van der Waals surface area contributed by atoms with Gasteiger partial charge in [-0.3, -0.25) is 4.79 Å². The number of hydrogen-bond acceptors (Lipinski definition) is 3. The topological polar surface area (TPSA) is 47.6 Å². The van der Waals surface area contributed by atoms with E-state index in [0.29, 0.717) is 16.8 Å². The average Bonchev–Trinajstić information content (AvgIpc) is 2.88. The Kier molecular flexibility index (Phi) is 5.15. The number of amides is 1. The van der Waals surface area contributed by atoms with Gasteiger partial charge >= 0.3 is 0 Å². The zero-order valence-corrected chi connectivity index (χ0v) is 11.9. The molecule has 1 aromatic carbocycles. The van der Waals surface area contributed by atoms with Crippen LogP contribution in [0.15, 0.2) is 22.7 Å². The van der Waals surface area contributed by atoms with Crippen LogP contribution in [0.4, 0.5) is 4.39 Å². The molecule has 1 aromatic rings. The van der Waals surface area contributed by atoms with Crippen LogP contribution in [-0.2, 0) is 9.53 Å². The summed E-state index contributed by atoms with van der Waals surface area (Å²) in [5.74, 6) is -0.137. The predicted octanol–water partition coefficient (Wildman–Crippen LogP) is 2.26. The van der Waals surface area contributed by atoms with E-state index >= 15 is 0 Å². The molecule has 1 amide bonds. The Labute approximate surface area is 119 Å². The van der Waals surface area contributed by atoms with E-state index in [1.54, 1.807) is 0 Å². The fourth-order valence-corrected chi connectivity index (χ4v) is 2.28. The third-order valence-corrected chi connectivity index (χ3v) is 3.42. The van der Waals surface area contributed by atoms with Gasteiger partial charge in [0.25, 0.3) is 5.91 Å². The Bertz CT molecular complexity index is 450. The molecule has 4 nitrogen and oxygen atoms in total. The summed E-state index contributed by atoms with van der Waals surface area (Å²) in [7, 11) is 0. The molecule has 0 bridgehead atoms. The lowest BCUT2D eigenvalue weighted by Crippen LogP contribution is -2.35. The lowest BCUT2D eigenvalue weighted by atomic mass is 10.2. The highest BCUT2D eigenvalue weighted by atomic mass is 79.9. The zero-order chi connectivity index (χ0) is 13.7. The highest BCUT2D eigenvalue weighted by Gasteiger charge is 2.16. The Morgan fingerprint density at radius 1 is 1.58 bits per heavy atom. The second kappa shape index (κ2) is 6.86. The summed E-state index contributed by atoms with van der Waals surface area (Å²) in [6.45, 7) is 1.17. The van der Waals surface area contributed by atoms with Crippen molar-refractivity contribution in [2.45, 2.75) is 18.9 Å². The van der Waals surface area contributed by atoms with Crippen molar-refractivity contribution in [2.75, 3.05) is 19.8 Å². The van der Waals surface area contributed by atoms with Gasteiger partial charge in [0.2, 0.25) is 0 Å². The van der Waals surface area contributed by atoms with E-state index in [1.165, 1.54) is 18.2 Å². The molecule has 2 rings (SSSR count). The normalized spacial score (nSPS) is 18.3. The van der Waals surface area contributed by atoms with Crippen LogP contribution < -0.4 is 10.1 Å². The number of benzene rings is 1. The van der Waals surface area contributed by atoms with E-state index in [4.69, 9.17) is 9.47 Å². The molecule has 0 spiro atoms. The predicted molar refractivity (Wildman–Crippen MR) is 71.6 cm³/mol. The third kappa shape index (κ3) is 4.47. The molecule has 1 atom stereocenters. The lowest BCUT2D eigenvalue weighted by Gasteiger charge is -2.12. The number of carbonyl (C=O) groups excluding carboxylic acids is 1. The smallest absolute Gasteiger partial charge is 0.258 e. The average molecular weight is 332 g/mol. The first-order chi connectivity index (χ1) is 9.15. The van der Waals surface area contributed by atoms with E-state index in [9.17, 15) is 9.18 Å². The number of carbonyl (C=O) groups is 1. The van der Waals surface area contributed by atoms with Gasteiger partial charge in [-0.2, -0.15) is 0 Å². The fraction of sp³-hybridized carbons (Fsp3) is 0.462. The summed E-state index contributed by atoms with van der Waals surface area (Å²) in [4.78, 5) is 11.6. The summed E-state index contributed by atoms with van der Waals surface area (Å²) in [6, 6.07) is 4.05. The monoisotopic (exact) mass is 331 g/mol. The number of nitrogens with one attached hydrogen (secondary N) is 1. The summed E-state index contributed by atoms with van der Waals surface area (Å²) < 4.78 is 24.0. The second-order valence-electron chi connectivity index (χ2n) is 4.30. The Hall–Kier alpha value is -1.14. The van der Waals surface area contributed by atoms with Crippen molar-refractivity contribution in [3.05, 3.63) is 28.5 Å². The van der Waals surface area contributed by atoms with Gasteiger partial charge in [0.1, 0.15) is 11.6 Å². The molecule has 1 fully saturated rings. The molecule has 6 heteroatoms. The molecule has 0 radical (unpaired) electrons. The van der Waals surface area contributed by atoms with E-state index in [1.807, 2.05) is 0 Å². The minimum Gasteiger partial charge on any atom is -0.483 e. The first-order valence-electron chi connectivity index (χ1n) is 6.11. The molecule has 1 aliphatic rings. The van der Waals surface area contributed by atoms with E-state index < -0.39 is 0 Å². The van der Waals surface area contributed by atoms with Gasteiger partial charge in [0, 0.05) is 13.2 Å². The van der Waals surface area contributed by atoms with E-state index in [-0.39, 0.29) is 24.4 Å². The molecule has 0 aromatic heterocycles. The molecule has 1 saturated heterocycles. The summed E-state index contributed by atoms with van der Waals surface area (Å²) in [6.07, 6.45) is 2.13. The zero-order valence-electron chi connectivity index (χ0n) is 10.3. The van der Waals surface area contributed by atoms with Crippen LogP contribution in [0, 0.1) is 5.82 Å². The largest absolute Gasteiger partial charge is 0.483 e. The molecule has 0 aliphatic carbocycles. The Morgan fingerprint density at radius 2 is 2.42 bits per heavy atom. The summed E-state index contributed by atoms with van der Waals surface area (Å²) >= 11 is 3.17. The quantitative estimate of drug-likeness (QED) is 0.900. The van der Waals surface area contributed by atoms with Crippen molar-refractivity contribution < 1.29 is 18.7 Å². The maximum absolute atomic E-state index is 12.9. The van der Waals surface area contributed by atoms with Crippen LogP contribution in [0.5, 0.6) is 5.75 Å². The molecule has 1 unspecified atom stereocenters. The number of halogens is 2. The third-order valence-electron chi connectivity index (χ3n) is 2.80. The standard InChI is InChI=1S/C13H15BrFNO3/c14-11-6-9(15)3-4-12(11)19-8-13(17)16-7-10-2-1-5-18-10/h3-4,6,10H,1-2,5,7-8H2,(H,16,17). The first kappa shape index (κ1) is 14.3. The molecule has 1 aliphatic heterocycles. The van der Waals surface area contributed by atoms with Crippen LogP contribution in [0.2, 0.25) is 0 Å². The van der Waals surface area contributed by atoms with Gasteiger partial charge in [0.05, 0.1) is 10.6 Å². The minimum absolute atomic E-state index is 0.100. The lowest BCUT2D eigenvalue weighted by molar-refractivity contribution is -0.123. The van der Waals surface area contributed by atoms with Crippen molar-refractivity contribution in [1.82, 2.24) is 5.32 Å². The molecule has 19 heavy (non-hydrogen) atoms. The first-order valence-corrected chi connectivity index (χ1v) is 6.90. The number of rotatable bonds is 5. The highest BCUT2D eigenvalue weighted by molar-refractivity contribution is 9.10. The molecule has 104 valence electrons. The Balaban J connectivity index is 1.73. The van der Waals surface area contributed by atoms with Crippen molar-refractivity contribution in [3.8, 4) is 5.75 Å². The van der Waals surface area contributed by atoms with Gasteiger partial charge < -0.3 is 14.8 Å². The summed E-state index contributed by atoms with van der Waals surface area (Å²) in [5.41, 5.74) is 0. The van der Waals surface area contributed by atoms with Gasteiger partial charge in [0.15, 0.2) is 6.61 Å². The highest BCUT2D eigenvalue weighted by Crippen LogP contribution is 2.25. The van der Waals surface area contributed by atoms with Crippen molar-refractivity contribution >= 4 is 21.8 Å². The molecule has 1 heterocycles. The maximum Gasteiger partial charge on any atom is 0.258 e. The van der Waals surface area contributed by atoms with E-state index in [0.717, 1.165) is 19.4 Å². The van der Waals surface area contributed by atoms with Gasteiger partial charge in [-0.15, -0.1) is 0 Å². The number of ether oxygens (including phenoxy) is 2. The second-order valence-corrected chi connectivity index (χ2v) is 5.16. The molecule has 0 saturated carbocycles. The maximum atomic E-state index is 12.9. The van der Waals surface area contributed by atoms with Gasteiger partial charge in [-0.25, -0.2) is 4.39 Å². The fourth-order valence-electron chi connectivity index (χ4n) is 1.82. The summed E-state index contributed by atoms with van der Waals surface area (Å²) in [5, 5.41) is 2.75. The Morgan fingerprint density at radius 3 is 3.11 bits per heavy atom.